The molecule has 0 aliphatic carbocycles. The highest BCUT2D eigenvalue weighted by Gasteiger charge is 2.15. The average Bonchev–Trinajstić information content (AvgIpc) is 3.04. The van der Waals surface area contributed by atoms with Gasteiger partial charge in [0.05, 0.1) is 24.4 Å². The predicted octanol–water partition coefficient (Wildman–Crippen LogP) is 6.97. The summed E-state index contributed by atoms with van der Waals surface area (Å²) >= 11 is 6.25. The number of hydrogen-bond donors (Lipinski definition) is 0. The molecule has 3 aromatic carbocycles. The molecule has 0 spiro atoms. The average molecular weight is 413 g/mol. The van der Waals surface area contributed by atoms with Crippen LogP contribution in [0.5, 0.6) is 5.75 Å². The van der Waals surface area contributed by atoms with Crippen LogP contribution >= 0.6 is 11.6 Å². The molecule has 4 aromatic rings. The van der Waals surface area contributed by atoms with Gasteiger partial charge >= 0.3 is 0 Å². The van der Waals surface area contributed by atoms with Gasteiger partial charge in [0.2, 0.25) is 0 Å². The number of ether oxygens (including phenoxy) is 1. The standard InChI is InChI=1S/C26H21ClN2O/c1-17-12-22(18(2)29(17)25-15-24(27)10-11-26(25)30-3)14-23(16-28)21-9-8-19-6-4-5-7-20(19)13-21/h4-15H,1-3H3/b23-14-. The maximum Gasteiger partial charge on any atom is 0.142 e. The van der Waals surface area contributed by atoms with Crippen LogP contribution in [-0.2, 0) is 0 Å². The van der Waals surface area contributed by atoms with Gasteiger partial charge in [-0.25, -0.2) is 0 Å². The lowest BCUT2D eigenvalue weighted by Crippen LogP contribution is -2.02. The van der Waals surface area contributed by atoms with Crippen molar-refractivity contribution in [3.05, 3.63) is 94.3 Å². The number of aromatic nitrogens is 1. The van der Waals surface area contributed by atoms with Crippen molar-refractivity contribution in [2.24, 2.45) is 0 Å². The van der Waals surface area contributed by atoms with Gasteiger partial charge < -0.3 is 9.30 Å². The summed E-state index contributed by atoms with van der Waals surface area (Å²) in [6.07, 6.45) is 1.94. The van der Waals surface area contributed by atoms with Crippen LogP contribution in [0.2, 0.25) is 5.02 Å². The van der Waals surface area contributed by atoms with E-state index < -0.39 is 0 Å². The fourth-order valence-electron chi connectivity index (χ4n) is 3.83. The Labute approximate surface area is 181 Å². The summed E-state index contributed by atoms with van der Waals surface area (Å²) in [5, 5.41) is 12.8. The van der Waals surface area contributed by atoms with Gasteiger partial charge in [0.25, 0.3) is 0 Å². The Kier molecular flexibility index (Phi) is 5.35. The van der Waals surface area contributed by atoms with Crippen LogP contribution in [0.15, 0.2) is 66.7 Å². The molecule has 1 heterocycles. The van der Waals surface area contributed by atoms with E-state index in [1.54, 1.807) is 7.11 Å². The van der Waals surface area contributed by atoms with Gasteiger partial charge in [0.1, 0.15) is 5.75 Å². The summed E-state index contributed by atoms with van der Waals surface area (Å²) in [5.74, 6) is 0.742. The van der Waals surface area contributed by atoms with Crippen LogP contribution in [0.1, 0.15) is 22.5 Å². The summed E-state index contributed by atoms with van der Waals surface area (Å²) in [5.41, 5.74) is 5.44. The lowest BCUT2D eigenvalue weighted by Gasteiger charge is -2.14. The molecule has 3 nitrogen and oxygen atoms in total. The Bertz CT molecular complexity index is 1320. The second-order valence-electron chi connectivity index (χ2n) is 7.21. The zero-order valence-corrected chi connectivity index (χ0v) is 17.9. The lowest BCUT2D eigenvalue weighted by molar-refractivity contribution is 0.412. The van der Waals surface area contributed by atoms with Crippen molar-refractivity contribution in [3.63, 3.8) is 0 Å². The molecule has 4 rings (SSSR count). The molecule has 0 N–H and O–H groups in total. The highest BCUT2D eigenvalue weighted by Crippen LogP contribution is 2.32. The summed E-state index contributed by atoms with van der Waals surface area (Å²) in [6.45, 7) is 4.07. The monoisotopic (exact) mass is 412 g/mol. The SMILES string of the molecule is COc1ccc(Cl)cc1-n1c(C)cc(/C=C(/C#N)c2ccc3ccccc3c2)c1C. The number of fused-ring (bicyclic) bond motifs is 1. The number of rotatable bonds is 4. The highest BCUT2D eigenvalue weighted by atomic mass is 35.5. The second-order valence-corrected chi connectivity index (χ2v) is 7.65. The third-order valence-corrected chi connectivity index (χ3v) is 5.57. The number of methoxy groups -OCH3 is 1. The minimum absolute atomic E-state index is 0.624. The Morgan fingerprint density at radius 3 is 2.50 bits per heavy atom. The zero-order chi connectivity index (χ0) is 21.3. The lowest BCUT2D eigenvalue weighted by atomic mass is 10.0. The molecule has 148 valence electrons. The fraction of sp³-hybridized carbons (Fsp3) is 0.115. The number of aryl methyl sites for hydroxylation is 1. The molecule has 0 atom stereocenters. The van der Waals surface area contributed by atoms with Crippen LogP contribution in [0.3, 0.4) is 0 Å². The van der Waals surface area contributed by atoms with E-state index in [-0.39, 0.29) is 0 Å². The molecule has 30 heavy (non-hydrogen) atoms. The molecule has 0 saturated heterocycles. The van der Waals surface area contributed by atoms with E-state index in [2.05, 4.69) is 41.0 Å². The van der Waals surface area contributed by atoms with E-state index >= 15 is 0 Å². The number of nitriles is 1. The smallest absolute Gasteiger partial charge is 0.142 e. The van der Waals surface area contributed by atoms with Gasteiger partial charge in [-0.05, 0) is 72.2 Å². The van der Waals surface area contributed by atoms with Crippen molar-refractivity contribution in [2.75, 3.05) is 7.11 Å². The number of nitrogens with zero attached hydrogens (tertiary/aromatic N) is 2. The topological polar surface area (TPSA) is 38.0 Å². The van der Waals surface area contributed by atoms with Crippen molar-refractivity contribution in [3.8, 4) is 17.5 Å². The summed E-state index contributed by atoms with van der Waals surface area (Å²) in [4.78, 5) is 0. The minimum atomic E-state index is 0.624. The normalized spacial score (nSPS) is 11.5. The first-order valence-electron chi connectivity index (χ1n) is 9.65. The molecule has 0 aliphatic rings. The Morgan fingerprint density at radius 1 is 1.00 bits per heavy atom. The van der Waals surface area contributed by atoms with Crippen molar-refractivity contribution in [1.82, 2.24) is 4.57 Å². The molecule has 0 amide bonds. The van der Waals surface area contributed by atoms with E-state index in [0.717, 1.165) is 44.7 Å². The third kappa shape index (κ3) is 3.58. The molecule has 0 fully saturated rings. The molecular weight excluding hydrogens is 392 g/mol. The number of hydrogen-bond acceptors (Lipinski definition) is 2. The summed E-state index contributed by atoms with van der Waals surface area (Å²) in [6, 6.07) is 24.3. The number of benzene rings is 3. The van der Waals surface area contributed by atoms with Crippen LogP contribution in [-0.4, -0.2) is 11.7 Å². The molecular formula is C26H21ClN2O. The first kappa shape index (κ1) is 19.8. The van der Waals surface area contributed by atoms with Crippen LogP contribution in [0.4, 0.5) is 0 Å². The van der Waals surface area contributed by atoms with Gasteiger partial charge in [-0.2, -0.15) is 5.26 Å². The van der Waals surface area contributed by atoms with E-state index in [9.17, 15) is 5.26 Å². The molecule has 0 bridgehead atoms. The molecule has 0 saturated carbocycles. The van der Waals surface area contributed by atoms with Gasteiger partial charge in [-0.15, -0.1) is 0 Å². The summed E-state index contributed by atoms with van der Waals surface area (Å²) < 4.78 is 7.64. The van der Waals surface area contributed by atoms with Crippen molar-refractivity contribution >= 4 is 34.0 Å². The maximum absolute atomic E-state index is 9.85. The predicted molar refractivity (Wildman–Crippen MR) is 124 cm³/mol. The van der Waals surface area contributed by atoms with E-state index in [4.69, 9.17) is 16.3 Å². The number of halogens is 1. The molecule has 1 aromatic heterocycles. The first-order chi connectivity index (χ1) is 14.5. The second kappa shape index (κ2) is 8.10. The molecule has 0 aliphatic heterocycles. The number of allylic oxidation sites excluding steroid dienone is 1. The molecule has 0 radical (unpaired) electrons. The van der Waals surface area contributed by atoms with Gasteiger partial charge in [0, 0.05) is 16.4 Å². The van der Waals surface area contributed by atoms with E-state index in [0.29, 0.717) is 10.6 Å². The van der Waals surface area contributed by atoms with Gasteiger partial charge in [-0.1, -0.05) is 48.0 Å². The van der Waals surface area contributed by atoms with Crippen molar-refractivity contribution < 1.29 is 4.74 Å². The van der Waals surface area contributed by atoms with Crippen LogP contribution in [0, 0.1) is 25.2 Å². The van der Waals surface area contributed by atoms with Crippen molar-refractivity contribution in [2.45, 2.75) is 13.8 Å². The third-order valence-electron chi connectivity index (χ3n) is 5.33. The zero-order valence-electron chi connectivity index (χ0n) is 17.1. The quantitative estimate of drug-likeness (QED) is 0.339. The van der Waals surface area contributed by atoms with Crippen molar-refractivity contribution in [1.29, 1.82) is 5.26 Å². The molecule has 0 unspecified atom stereocenters. The Hall–Kier alpha value is -3.48. The van der Waals surface area contributed by atoms with Gasteiger partial charge in [0.15, 0.2) is 0 Å². The van der Waals surface area contributed by atoms with E-state index in [1.165, 1.54) is 0 Å². The van der Waals surface area contributed by atoms with Crippen LogP contribution in [0.25, 0.3) is 28.1 Å². The Balaban J connectivity index is 1.83. The van der Waals surface area contributed by atoms with E-state index in [1.807, 2.05) is 56.3 Å². The maximum atomic E-state index is 9.85. The Morgan fingerprint density at radius 2 is 1.77 bits per heavy atom. The summed E-state index contributed by atoms with van der Waals surface area (Å²) in [7, 11) is 1.65. The highest BCUT2D eigenvalue weighted by molar-refractivity contribution is 6.30. The fourth-order valence-corrected chi connectivity index (χ4v) is 4.00. The molecule has 4 heteroatoms. The van der Waals surface area contributed by atoms with Gasteiger partial charge in [-0.3, -0.25) is 0 Å². The first-order valence-corrected chi connectivity index (χ1v) is 10.0. The largest absolute Gasteiger partial charge is 0.495 e. The van der Waals surface area contributed by atoms with Crippen LogP contribution < -0.4 is 4.74 Å². The minimum Gasteiger partial charge on any atom is -0.495 e.